The zero-order chi connectivity index (χ0) is 27.2. The van der Waals surface area contributed by atoms with Crippen LogP contribution >= 0.6 is 0 Å². The van der Waals surface area contributed by atoms with Crippen molar-refractivity contribution in [2.24, 2.45) is 7.05 Å². The van der Waals surface area contributed by atoms with Gasteiger partial charge in [-0.3, -0.25) is 14.6 Å². The first-order valence-electron chi connectivity index (χ1n) is 13.2. The first-order valence-corrected chi connectivity index (χ1v) is 13.2. The number of likely N-dealkylation sites (tertiary alicyclic amines) is 1. The van der Waals surface area contributed by atoms with E-state index in [0.717, 1.165) is 36.4 Å². The Hall–Kier alpha value is -4.44. The summed E-state index contributed by atoms with van der Waals surface area (Å²) in [5, 5.41) is 8.91. The number of aromatic nitrogens is 3. The van der Waals surface area contributed by atoms with Crippen molar-refractivity contribution < 1.29 is 14.3 Å². The third kappa shape index (κ3) is 6.35. The molecule has 3 heterocycles. The van der Waals surface area contributed by atoms with Crippen molar-refractivity contribution in [1.82, 2.24) is 30.1 Å². The van der Waals surface area contributed by atoms with Gasteiger partial charge in [-0.05, 0) is 68.4 Å². The number of benzene rings is 2. The number of nitrogens with zero attached hydrogens (tertiary/aromatic N) is 4. The van der Waals surface area contributed by atoms with Crippen LogP contribution in [0.25, 0.3) is 11.0 Å². The van der Waals surface area contributed by atoms with Crippen LogP contribution in [0.15, 0.2) is 60.8 Å². The number of rotatable bonds is 9. The zero-order valence-electron chi connectivity index (χ0n) is 22.2. The number of anilines is 2. The van der Waals surface area contributed by atoms with Gasteiger partial charge in [0.15, 0.2) is 0 Å². The highest BCUT2D eigenvalue weighted by atomic mass is 16.5. The highest BCUT2D eigenvalue weighted by molar-refractivity contribution is 5.94. The van der Waals surface area contributed by atoms with Crippen LogP contribution in [0.5, 0.6) is 11.5 Å². The summed E-state index contributed by atoms with van der Waals surface area (Å²) in [5.41, 5.74) is 3.41. The quantitative estimate of drug-likeness (QED) is 0.301. The fourth-order valence-electron chi connectivity index (χ4n) is 4.66. The van der Waals surface area contributed by atoms with Crippen molar-refractivity contribution >= 4 is 34.5 Å². The second kappa shape index (κ2) is 12.0. The molecular formula is C29H33N7O3. The van der Waals surface area contributed by atoms with Gasteiger partial charge in [0.1, 0.15) is 17.2 Å². The van der Waals surface area contributed by atoms with E-state index in [0.29, 0.717) is 29.6 Å². The highest BCUT2D eigenvalue weighted by Gasteiger charge is 2.13. The van der Waals surface area contributed by atoms with E-state index in [1.54, 1.807) is 19.2 Å². The number of pyridine rings is 1. The van der Waals surface area contributed by atoms with E-state index in [2.05, 4.69) is 25.8 Å². The van der Waals surface area contributed by atoms with Crippen LogP contribution in [0.3, 0.4) is 0 Å². The highest BCUT2D eigenvalue weighted by Crippen LogP contribution is 2.28. The molecule has 0 atom stereocenters. The molecule has 3 N–H and O–H groups in total. The van der Waals surface area contributed by atoms with Crippen molar-refractivity contribution in [3.8, 4) is 11.5 Å². The lowest BCUT2D eigenvalue weighted by Gasteiger charge is -2.26. The van der Waals surface area contributed by atoms with Crippen molar-refractivity contribution in [3.63, 3.8) is 0 Å². The van der Waals surface area contributed by atoms with Gasteiger partial charge in [0, 0.05) is 56.8 Å². The van der Waals surface area contributed by atoms with Crippen LogP contribution in [-0.4, -0.2) is 64.5 Å². The predicted octanol–water partition coefficient (Wildman–Crippen LogP) is 4.08. The Kier molecular flexibility index (Phi) is 8.02. The average molecular weight is 528 g/mol. The summed E-state index contributed by atoms with van der Waals surface area (Å²) in [6, 6.07) is 16.3. The van der Waals surface area contributed by atoms with E-state index < -0.39 is 0 Å². The standard InChI is InChI=1S/C29H33N7O3/c1-30-28(38)25-19-23(12-13-31-25)39-22-10-11-26-24(18-22)34-29(35(26)2)33-21-8-6-20(7-9-21)27(37)32-14-17-36-15-4-3-5-16-36/h6-13,18-19H,3-5,14-17H2,1-2H3,(H,30,38)(H,32,37)(H,33,34). The summed E-state index contributed by atoms with van der Waals surface area (Å²) < 4.78 is 7.91. The van der Waals surface area contributed by atoms with Gasteiger partial charge < -0.3 is 30.2 Å². The van der Waals surface area contributed by atoms with Gasteiger partial charge in [-0.1, -0.05) is 6.42 Å². The number of amides is 2. The minimum Gasteiger partial charge on any atom is -0.457 e. The Morgan fingerprint density at radius 2 is 1.72 bits per heavy atom. The first-order chi connectivity index (χ1) is 19.0. The van der Waals surface area contributed by atoms with Crippen LogP contribution in [0.4, 0.5) is 11.6 Å². The Balaban J connectivity index is 1.21. The molecule has 0 unspecified atom stereocenters. The van der Waals surface area contributed by atoms with E-state index in [1.165, 1.54) is 25.5 Å². The molecule has 39 heavy (non-hydrogen) atoms. The summed E-state index contributed by atoms with van der Waals surface area (Å²) in [5.74, 6) is 1.42. The molecule has 1 aliphatic rings. The van der Waals surface area contributed by atoms with Crippen LogP contribution in [0, 0.1) is 0 Å². The molecule has 0 spiro atoms. The molecule has 0 bridgehead atoms. The number of carbonyl (C=O) groups excluding carboxylic acids is 2. The van der Waals surface area contributed by atoms with Crippen LogP contribution < -0.4 is 20.7 Å². The normalized spacial score (nSPS) is 13.7. The maximum absolute atomic E-state index is 12.6. The van der Waals surface area contributed by atoms with Crippen molar-refractivity contribution in [1.29, 1.82) is 0 Å². The fraction of sp³-hybridized carbons (Fsp3) is 0.310. The predicted molar refractivity (Wildman–Crippen MR) is 151 cm³/mol. The van der Waals surface area contributed by atoms with Crippen LogP contribution in [-0.2, 0) is 7.05 Å². The second-order valence-corrected chi connectivity index (χ2v) is 9.56. The van der Waals surface area contributed by atoms with Gasteiger partial charge in [-0.25, -0.2) is 4.98 Å². The Morgan fingerprint density at radius 1 is 0.949 bits per heavy atom. The smallest absolute Gasteiger partial charge is 0.269 e. The molecule has 5 rings (SSSR count). The molecule has 1 fully saturated rings. The monoisotopic (exact) mass is 527 g/mol. The lowest BCUT2D eigenvalue weighted by molar-refractivity contribution is 0.0942. The molecule has 4 aromatic rings. The van der Waals surface area contributed by atoms with Crippen LogP contribution in [0.1, 0.15) is 40.1 Å². The molecule has 2 amide bonds. The maximum atomic E-state index is 12.6. The minimum atomic E-state index is -0.280. The number of piperidine rings is 1. The third-order valence-corrected chi connectivity index (χ3v) is 6.84. The Bertz CT molecular complexity index is 1460. The molecule has 202 valence electrons. The summed E-state index contributed by atoms with van der Waals surface area (Å²) >= 11 is 0. The summed E-state index contributed by atoms with van der Waals surface area (Å²) in [6.07, 6.45) is 5.33. The van der Waals surface area contributed by atoms with Gasteiger partial charge in [0.25, 0.3) is 11.8 Å². The van der Waals surface area contributed by atoms with Gasteiger partial charge in [0.05, 0.1) is 11.0 Å². The molecule has 0 aliphatic carbocycles. The van der Waals surface area contributed by atoms with E-state index >= 15 is 0 Å². The van der Waals surface area contributed by atoms with Crippen LogP contribution in [0.2, 0.25) is 0 Å². The largest absolute Gasteiger partial charge is 0.457 e. The molecule has 1 aliphatic heterocycles. The number of hydrogen-bond donors (Lipinski definition) is 3. The molecule has 0 radical (unpaired) electrons. The SMILES string of the molecule is CNC(=O)c1cc(Oc2ccc3c(c2)nc(Nc2ccc(C(=O)NCCN4CCCCC4)cc2)n3C)ccn1. The van der Waals surface area contributed by atoms with Crippen molar-refractivity contribution in [2.75, 3.05) is 38.5 Å². The Morgan fingerprint density at radius 3 is 2.49 bits per heavy atom. The van der Waals surface area contributed by atoms with Gasteiger partial charge in [-0.15, -0.1) is 0 Å². The topological polar surface area (TPSA) is 113 Å². The Labute approximate surface area is 227 Å². The number of carbonyl (C=O) groups is 2. The van der Waals surface area contributed by atoms with Crippen molar-refractivity contribution in [3.05, 3.63) is 72.1 Å². The van der Waals surface area contributed by atoms with E-state index in [9.17, 15) is 9.59 Å². The fourth-order valence-corrected chi connectivity index (χ4v) is 4.66. The van der Waals surface area contributed by atoms with Gasteiger partial charge in [-0.2, -0.15) is 0 Å². The summed E-state index contributed by atoms with van der Waals surface area (Å²) in [7, 11) is 3.49. The number of hydrogen-bond acceptors (Lipinski definition) is 7. The number of ether oxygens (including phenoxy) is 1. The third-order valence-electron chi connectivity index (χ3n) is 6.84. The van der Waals surface area contributed by atoms with Gasteiger partial charge in [0.2, 0.25) is 5.95 Å². The zero-order valence-corrected chi connectivity index (χ0v) is 22.2. The number of aryl methyl sites for hydroxylation is 1. The average Bonchev–Trinajstić information content (AvgIpc) is 3.27. The molecule has 10 nitrogen and oxygen atoms in total. The van der Waals surface area contributed by atoms with E-state index in [4.69, 9.17) is 9.72 Å². The second-order valence-electron chi connectivity index (χ2n) is 9.56. The van der Waals surface area contributed by atoms with Gasteiger partial charge >= 0.3 is 0 Å². The maximum Gasteiger partial charge on any atom is 0.269 e. The molecule has 2 aromatic heterocycles. The number of imidazole rings is 1. The summed E-state index contributed by atoms with van der Waals surface area (Å²) in [6.45, 7) is 3.79. The number of nitrogens with one attached hydrogen (secondary N) is 3. The lowest BCUT2D eigenvalue weighted by atomic mass is 10.1. The summed E-state index contributed by atoms with van der Waals surface area (Å²) in [4.78, 5) is 35.6. The number of fused-ring (bicyclic) bond motifs is 1. The van der Waals surface area contributed by atoms with E-state index in [-0.39, 0.29) is 17.5 Å². The molecule has 10 heteroatoms. The lowest BCUT2D eigenvalue weighted by Crippen LogP contribution is -2.37. The molecule has 0 saturated carbocycles. The molecular weight excluding hydrogens is 494 g/mol. The molecule has 2 aromatic carbocycles. The minimum absolute atomic E-state index is 0.0644. The van der Waals surface area contributed by atoms with E-state index in [1.807, 2.05) is 54.1 Å². The first kappa shape index (κ1) is 26.2. The molecule has 1 saturated heterocycles. The van der Waals surface area contributed by atoms with Crippen molar-refractivity contribution in [2.45, 2.75) is 19.3 Å².